The van der Waals surface area contributed by atoms with Crippen molar-refractivity contribution in [1.29, 1.82) is 0 Å². The van der Waals surface area contributed by atoms with Gasteiger partial charge in [0.2, 0.25) is 0 Å². The first-order valence-corrected chi connectivity index (χ1v) is 8.99. The maximum Gasteiger partial charge on any atom is 0.150 e. The quantitative estimate of drug-likeness (QED) is 0.827. The van der Waals surface area contributed by atoms with Gasteiger partial charge in [0.25, 0.3) is 0 Å². The lowest BCUT2D eigenvalue weighted by Crippen LogP contribution is -2.39. The number of benzene rings is 1. The highest BCUT2D eigenvalue weighted by Gasteiger charge is 2.22. The fourth-order valence-corrected chi connectivity index (χ4v) is 3.81. The van der Waals surface area contributed by atoms with Crippen molar-refractivity contribution in [1.82, 2.24) is 5.32 Å². The molecule has 1 aliphatic rings. The second-order valence-electron chi connectivity index (χ2n) is 4.68. The Hall–Kier alpha value is -0.590. The first-order chi connectivity index (χ1) is 9.05. The summed E-state index contributed by atoms with van der Waals surface area (Å²) in [5, 5.41) is 3.34. The highest BCUT2D eigenvalue weighted by molar-refractivity contribution is 9.10. The van der Waals surface area contributed by atoms with Gasteiger partial charge in [-0.05, 0) is 37.1 Å². The minimum Gasteiger partial charge on any atom is -0.492 e. The highest BCUT2D eigenvalue weighted by atomic mass is 79.9. The van der Waals surface area contributed by atoms with E-state index >= 15 is 0 Å². The van der Waals surface area contributed by atoms with Crippen LogP contribution in [0.2, 0.25) is 0 Å². The van der Waals surface area contributed by atoms with E-state index in [0.29, 0.717) is 37.0 Å². The molecular formula is C13H18BrNO3S. The molecule has 1 heterocycles. The molecule has 1 fully saturated rings. The molecule has 0 atom stereocenters. The smallest absolute Gasteiger partial charge is 0.150 e. The molecule has 4 nitrogen and oxygen atoms in total. The monoisotopic (exact) mass is 347 g/mol. The zero-order valence-electron chi connectivity index (χ0n) is 10.6. The van der Waals surface area contributed by atoms with Crippen LogP contribution < -0.4 is 10.1 Å². The molecule has 0 radical (unpaired) electrons. The Balaban J connectivity index is 1.63. The van der Waals surface area contributed by atoms with Crippen LogP contribution in [0.1, 0.15) is 12.8 Å². The van der Waals surface area contributed by atoms with Gasteiger partial charge in [-0.3, -0.25) is 0 Å². The lowest BCUT2D eigenvalue weighted by molar-refractivity contribution is 0.301. The molecule has 0 aliphatic carbocycles. The number of rotatable bonds is 5. The Kier molecular flexibility index (Phi) is 5.24. The van der Waals surface area contributed by atoms with E-state index in [2.05, 4.69) is 21.2 Å². The summed E-state index contributed by atoms with van der Waals surface area (Å²) in [6, 6.07) is 8.01. The summed E-state index contributed by atoms with van der Waals surface area (Å²) in [4.78, 5) is 0. The molecule has 1 saturated heterocycles. The fraction of sp³-hybridized carbons (Fsp3) is 0.538. The first-order valence-electron chi connectivity index (χ1n) is 6.37. The van der Waals surface area contributed by atoms with Gasteiger partial charge >= 0.3 is 0 Å². The van der Waals surface area contributed by atoms with Gasteiger partial charge in [0, 0.05) is 17.1 Å². The highest BCUT2D eigenvalue weighted by Crippen LogP contribution is 2.16. The van der Waals surface area contributed by atoms with Crippen LogP contribution in [-0.4, -0.2) is 39.1 Å². The van der Waals surface area contributed by atoms with Crippen LogP contribution in [0.5, 0.6) is 5.75 Å². The van der Waals surface area contributed by atoms with E-state index in [4.69, 9.17) is 4.74 Å². The molecule has 0 bridgehead atoms. The summed E-state index contributed by atoms with van der Waals surface area (Å²) < 4.78 is 29.2. The lowest BCUT2D eigenvalue weighted by Gasteiger charge is -2.23. The van der Waals surface area contributed by atoms with Crippen molar-refractivity contribution in [2.24, 2.45) is 0 Å². The van der Waals surface area contributed by atoms with Gasteiger partial charge in [-0.2, -0.15) is 0 Å². The van der Waals surface area contributed by atoms with Gasteiger partial charge in [0.15, 0.2) is 0 Å². The fourth-order valence-electron chi connectivity index (χ4n) is 2.06. The lowest BCUT2D eigenvalue weighted by atomic mass is 10.1. The number of sulfone groups is 1. The van der Waals surface area contributed by atoms with Crippen molar-refractivity contribution < 1.29 is 13.2 Å². The molecule has 0 spiro atoms. The summed E-state index contributed by atoms with van der Waals surface area (Å²) >= 11 is 3.37. The maximum absolute atomic E-state index is 11.3. The molecule has 6 heteroatoms. The topological polar surface area (TPSA) is 55.4 Å². The van der Waals surface area contributed by atoms with E-state index in [1.807, 2.05) is 24.3 Å². The second kappa shape index (κ2) is 6.72. The van der Waals surface area contributed by atoms with E-state index in [1.165, 1.54) is 0 Å². The van der Waals surface area contributed by atoms with Crippen LogP contribution in [0.3, 0.4) is 0 Å². The number of ether oxygens (including phenoxy) is 1. The van der Waals surface area contributed by atoms with Crippen LogP contribution in [0, 0.1) is 0 Å². The van der Waals surface area contributed by atoms with Crippen molar-refractivity contribution >= 4 is 25.8 Å². The Labute approximate surface area is 122 Å². The molecule has 0 amide bonds. The second-order valence-corrected chi connectivity index (χ2v) is 7.90. The van der Waals surface area contributed by atoms with Gasteiger partial charge in [-0.15, -0.1) is 0 Å². The van der Waals surface area contributed by atoms with E-state index < -0.39 is 9.84 Å². The van der Waals surface area contributed by atoms with Crippen LogP contribution in [0.15, 0.2) is 28.7 Å². The van der Waals surface area contributed by atoms with E-state index in [9.17, 15) is 8.42 Å². The molecular weight excluding hydrogens is 330 g/mol. The predicted octanol–water partition coefficient (Wildman–Crippen LogP) is 1.99. The Morgan fingerprint density at radius 1 is 1.21 bits per heavy atom. The average Bonchev–Trinajstić information content (AvgIpc) is 2.38. The van der Waals surface area contributed by atoms with Crippen molar-refractivity contribution in [2.75, 3.05) is 24.7 Å². The molecule has 0 saturated carbocycles. The number of hydrogen-bond donors (Lipinski definition) is 1. The third-order valence-electron chi connectivity index (χ3n) is 3.17. The summed E-state index contributed by atoms with van der Waals surface area (Å²) in [7, 11) is -2.77. The molecule has 0 aromatic heterocycles. The number of nitrogens with one attached hydrogen (secondary N) is 1. The normalized spacial score (nSPS) is 19.2. The largest absolute Gasteiger partial charge is 0.492 e. The van der Waals surface area contributed by atoms with E-state index in [1.54, 1.807) is 0 Å². The van der Waals surface area contributed by atoms with Gasteiger partial charge < -0.3 is 10.1 Å². The number of halogens is 1. The van der Waals surface area contributed by atoms with Crippen LogP contribution in [0.4, 0.5) is 0 Å². The summed E-state index contributed by atoms with van der Waals surface area (Å²) in [5.41, 5.74) is 0. The molecule has 1 aromatic carbocycles. The van der Waals surface area contributed by atoms with Crippen LogP contribution in [0.25, 0.3) is 0 Å². The van der Waals surface area contributed by atoms with Gasteiger partial charge in [-0.1, -0.05) is 15.9 Å². The zero-order valence-corrected chi connectivity index (χ0v) is 13.0. The molecule has 0 unspecified atom stereocenters. The SMILES string of the molecule is O=S1(=O)CCC(NCCOc2ccc(Br)cc2)CC1. The molecule has 1 N–H and O–H groups in total. The minimum absolute atomic E-state index is 0.303. The predicted molar refractivity (Wildman–Crippen MR) is 79.3 cm³/mol. The summed E-state index contributed by atoms with van der Waals surface area (Å²) in [5.74, 6) is 1.45. The molecule has 19 heavy (non-hydrogen) atoms. The standard InChI is InChI=1S/C13H18BrNO3S/c14-11-1-3-13(4-2-11)18-8-7-15-12-5-9-19(16,17)10-6-12/h1-4,12,15H,5-10H2. The van der Waals surface area contributed by atoms with E-state index in [0.717, 1.165) is 16.8 Å². The van der Waals surface area contributed by atoms with Gasteiger partial charge in [0.05, 0.1) is 11.5 Å². The molecule has 1 aromatic rings. The molecule has 1 aliphatic heterocycles. The Morgan fingerprint density at radius 2 is 1.84 bits per heavy atom. The third kappa shape index (κ3) is 5.12. The molecule has 106 valence electrons. The van der Waals surface area contributed by atoms with Crippen molar-refractivity contribution in [3.05, 3.63) is 28.7 Å². The van der Waals surface area contributed by atoms with Crippen molar-refractivity contribution in [3.8, 4) is 5.75 Å². The first kappa shape index (κ1) is 14.8. The van der Waals surface area contributed by atoms with Gasteiger partial charge in [0.1, 0.15) is 22.2 Å². The third-order valence-corrected chi connectivity index (χ3v) is 5.42. The van der Waals surface area contributed by atoms with Crippen LogP contribution >= 0.6 is 15.9 Å². The maximum atomic E-state index is 11.3. The van der Waals surface area contributed by atoms with E-state index in [-0.39, 0.29) is 0 Å². The van der Waals surface area contributed by atoms with Gasteiger partial charge in [-0.25, -0.2) is 8.42 Å². The Bertz CT molecular complexity index is 487. The summed E-state index contributed by atoms with van der Waals surface area (Å²) in [6.07, 6.45) is 1.42. The minimum atomic E-state index is -2.77. The van der Waals surface area contributed by atoms with Crippen molar-refractivity contribution in [3.63, 3.8) is 0 Å². The zero-order chi connectivity index (χ0) is 13.7. The van der Waals surface area contributed by atoms with Crippen molar-refractivity contribution in [2.45, 2.75) is 18.9 Å². The average molecular weight is 348 g/mol. The molecule has 2 rings (SSSR count). The Morgan fingerprint density at radius 3 is 2.47 bits per heavy atom. The number of hydrogen-bond acceptors (Lipinski definition) is 4. The van der Waals surface area contributed by atoms with Crippen LogP contribution in [-0.2, 0) is 9.84 Å². The summed E-state index contributed by atoms with van der Waals surface area (Å²) in [6.45, 7) is 1.33.